The van der Waals surface area contributed by atoms with Crippen LogP contribution in [0.5, 0.6) is 0 Å². The zero-order valence-corrected chi connectivity index (χ0v) is 23.5. The van der Waals surface area contributed by atoms with E-state index in [-0.39, 0.29) is 23.2 Å². The normalized spacial score (nSPS) is 25.4. The Hall–Kier alpha value is -2.36. The zero-order valence-electron chi connectivity index (χ0n) is 20.3. The lowest BCUT2D eigenvalue weighted by atomic mass is 9.75. The molecule has 0 unspecified atom stereocenters. The topological polar surface area (TPSA) is 77.4 Å². The fourth-order valence-corrected chi connectivity index (χ4v) is 9.79. The first kappa shape index (κ1) is 24.9. The largest absolute Gasteiger partial charge is 0.462 e. The highest BCUT2D eigenvalue weighted by molar-refractivity contribution is 9.10. The molecule has 37 heavy (non-hydrogen) atoms. The molecular formula is C28H27BrN2O4S2. The predicted molar refractivity (Wildman–Crippen MR) is 150 cm³/mol. The SMILES string of the molecule is CCOC(=O)c1ccc(NC(=O)Cn2c3c(sc2=O)[C@@H](c2ccc(Br)cc2)[C@@H]2[C@H]4CC[C@@H](C4)[C@H]2S3)cc1. The van der Waals surface area contributed by atoms with Crippen LogP contribution in [0.1, 0.15) is 52.9 Å². The van der Waals surface area contributed by atoms with Crippen LogP contribution in [-0.4, -0.2) is 28.3 Å². The number of carbonyl (C=O) groups is 2. The minimum absolute atomic E-state index is 0.0319. The number of thioether (sulfide) groups is 1. The number of nitrogens with one attached hydrogen (secondary N) is 1. The van der Waals surface area contributed by atoms with Crippen molar-refractivity contribution < 1.29 is 14.3 Å². The highest BCUT2D eigenvalue weighted by Gasteiger charge is 2.55. The van der Waals surface area contributed by atoms with Crippen LogP contribution in [0.4, 0.5) is 5.69 Å². The lowest BCUT2D eigenvalue weighted by Gasteiger charge is -2.40. The van der Waals surface area contributed by atoms with E-state index in [0.717, 1.165) is 14.4 Å². The van der Waals surface area contributed by atoms with Crippen molar-refractivity contribution in [2.45, 2.75) is 48.9 Å². The van der Waals surface area contributed by atoms with Crippen LogP contribution >= 0.6 is 39.0 Å². The van der Waals surface area contributed by atoms with Gasteiger partial charge in [-0.05, 0) is 85.9 Å². The quantitative estimate of drug-likeness (QED) is 0.345. The molecular weight excluding hydrogens is 572 g/mol. The lowest BCUT2D eigenvalue weighted by Crippen LogP contribution is -2.34. The van der Waals surface area contributed by atoms with Crippen LogP contribution < -0.4 is 10.2 Å². The summed E-state index contributed by atoms with van der Waals surface area (Å²) in [5.74, 6) is 1.46. The lowest BCUT2D eigenvalue weighted by molar-refractivity contribution is -0.116. The predicted octanol–water partition coefficient (Wildman–Crippen LogP) is 6.14. The Morgan fingerprint density at radius 2 is 1.81 bits per heavy atom. The van der Waals surface area contributed by atoms with Gasteiger partial charge in [0, 0.05) is 26.2 Å². The molecule has 2 aliphatic carbocycles. The van der Waals surface area contributed by atoms with E-state index in [4.69, 9.17) is 4.74 Å². The average Bonchev–Trinajstić information content (AvgIpc) is 3.58. The van der Waals surface area contributed by atoms with Gasteiger partial charge in [-0.2, -0.15) is 0 Å². The van der Waals surface area contributed by atoms with Gasteiger partial charge in [-0.25, -0.2) is 4.79 Å². The molecule has 6 nitrogen and oxygen atoms in total. The number of hydrogen-bond donors (Lipinski definition) is 1. The molecule has 1 N–H and O–H groups in total. The molecule has 1 aromatic heterocycles. The third-order valence-electron chi connectivity index (χ3n) is 7.90. The number of rotatable bonds is 6. The number of amides is 1. The van der Waals surface area contributed by atoms with Gasteiger partial charge in [-0.3, -0.25) is 14.2 Å². The van der Waals surface area contributed by atoms with Crippen LogP contribution in [-0.2, 0) is 16.1 Å². The maximum atomic E-state index is 13.2. The molecule has 9 heteroatoms. The number of aromatic nitrogens is 1. The summed E-state index contributed by atoms with van der Waals surface area (Å²) in [5, 5.41) is 4.32. The summed E-state index contributed by atoms with van der Waals surface area (Å²) in [6.07, 6.45) is 3.82. The number of fused-ring (bicyclic) bond motifs is 6. The van der Waals surface area contributed by atoms with Gasteiger partial charge in [0.2, 0.25) is 5.91 Å². The van der Waals surface area contributed by atoms with Crippen molar-refractivity contribution in [2.75, 3.05) is 11.9 Å². The molecule has 5 atom stereocenters. The van der Waals surface area contributed by atoms with Gasteiger partial charge >= 0.3 is 10.8 Å². The summed E-state index contributed by atoms with van der Waals surface area (Å²) in [4.78, 5) is 39.2. The Bertz CT molecular complexity index is 1400. The number of halogens is 1. The van der Waals surface area contributed by atoms with E-state index >= 15 is 0 Å². The first-order valence-corrected chi connectivity index (χ1v) is 15.1. The number of ether oxygens (including phenoxy) is 1. The molecule has 1 amide bonds. The van der Waals surface area contributed by atoms with E-state index in [1.54, 1.807) is 35.8 Å². The van der Waals surface area contributed by atoms with Crippen LogP contribution in [0.3, 0.4) is 0 Å². The molecule has 2 aromatic carbocycles. The molecule has 2 fully saturated rings. The number of carbonyl (C=O) groups excluding carboxylic acids is 2. The van der Waals surface area contributed by atoms with Gasteiger partial charge in [0.05, 0.1) is 17.2 Å². The van der Waals surface area contributed by atoms with Crippen molar-refractivity contribution in [3.05, 3.63) is 78.7 Å². The second-order valence-electron chi connectivity index (χ2n) is 9.99. The van der Waals surface area contributed by atoms with E-state index in [9.17, 15) is 14.4 Å². The molecule has 192 valence electrons. The Morgan fingerprint density at radius 3 is 2.54 bits per heavy atom. The molecule has 2 bridgehead atoms. The highest BCUT2D eigenvalue weighted by atomic mass is 79.9. The van der Waals surface area contributed by atoms with E-state index in [1.165, 1.54) is 36.2 Å². The molecule has 6 rings (SSSR count). The van der Waals surface area contributed by atoms with Crippen molar-refractivity contribution in [1.29, 1.82) is 0 Å². The molecule has 1 aliphatic heterocycles. The summed E-state index contributed by atoms with van der Waals surface area (Å²) in [6.45, 7) is 2.03. The third kappa shape index (κ3) is 4.59. The molecule has 3 aliphatic rings. The van der Waals surface area contributed by atoms with Crippen molar-refractivity contribution in [2.24, 2.45) is 17.8 Å². The van der Waals surface area contributed by atoms with E-state index in [0.29, 0.717) is 40.9 Å². The van der Waals surface area contributed by atoms with Crippen molar-refractivity contribution in [3.8, 4) is 0 Å². The minimum atomic E-state index is -0.395. The number of nitrogens with zero attached hydrogens (tertiary/aromatic N) is 1. The van der Waals surface area contributed by atoms with Crippen molar-refractivity contribution in [3.63, 3.8) is 0 Å². The number of esters is 1. The maximum absolute atomic E-state index is 13.2. The second-order valence-corrected chi connectivity index (χ2v) is 13.1. The summed E-state index contributed by atoms with van der Waals surface area (Å²) >= 11 is 6.69. The van der Waals surface area contributed by atoms with Gasteiger partial charge in [-0.1, -0.05) is 39.4 Å². The van der Waals surface area contributed by atoms with Gasteiger partial charge in [0.15, 0.2) is 0 Å². The first-order valence-electron chi connectivity index (χ1n) is 12.7. The van der Waals surface area contributed by atoms with Gasteiger partial charge in [-0.15, -0.1) is 11.8 Å². The van der Waals surface area contributed by atoms with Gasteiger partial charge in [0.1, 0.15) is 6.54 Å². The summed E-state index contributed by atoms with van der Waals surface area (Å²) in [7, 11) is 0. The van der Waals surface area contributed by atoms with Gasteiger partial charge in [0.25, 0.3) is 0 Å². The van der Waals surface area contributed by atoms with Gasteiger partial charge < -0.3 is 10.1 Å². The third-order valence-corrected chi connectivity index (χ3v) is 11.3. The monoisotopic (exact) mass is 598 g/mol. The molecule has 0 spiro atoms. The zero-order chi connectivity index (χ0) is 25.7. The number of thiazole rings is 1. The number of hydrogen-bond acceptors (Lipinski definition) is 6. The van der Waals surface area contributed by atoms with Crippen molar-refractivity contribution in [1.82, 2.24) is 4.57 Å². The van der Waals surface area contributed by atoms with E-state index in [1.807, 2.05) is 11.8 Å². The number of benzene rings is 2. The smallest absolute Gasteiger partial charge is 0.338 e. The Balaban J connectivity index is 1.27. The van der Waals surface area contributed by atoms with Crippen LogP contribution in [0.25, 0.3) is 0 Å². The minimum Gasteiger partial charge on any atom is -0.462 e. The summed E-state index contributed by atoms with van der Waals surface area (Å²) in [6, 6.07) is 15.1. The molecule has 0 saturated heterocycles. The van der Waals surface area contributed by atoms with Crippen molar-refractivity contribution >= 4 is 56.6 Å². The molecule has 3 aromatic rings. The molecule has 0 radical (unpaired) electrons. The standard InChI is InChI=1S/C28H27BrN2O4S2/c1-2-35-27(33)16-7-11-20(12-8-16)30-21(32)14-31-26-25(37-28(31)34)22(15-5-9-19(29)10-6-15)23-17-3-4-18(13-17)24(23)36-26/h5-12,17-18,22-24H,2-4,13-14H2,1H3,(H,30,32)/t17-,18-,22-,23-,24+/m0/s1. The highest BCUT2D eigenvalue weighted by Crippen LogP contribution is 2.64. The Labute approximate surface area is 231 Å². The Morgan fingerprint density at radius 1 is 1.08 bits per heavy atom. The van der Waals surface area contributed by atoms with Crippen LogP contribution in [0.2, 0.25) is 0 Å². The molecule has 2 saturated carbocycles. The fraction of sp³-hybridized carbons (Fsp3) is 0.393. The average molecular weight is 600 g/mol. The van der Waals surface area contributed by atoms with E-state index in [2.05, 4.69) is 45.5 Å². The van der Waals surface area contributed by atoms with E-state index < -0.39 is 5.97 Å². The first-order chi connectivity index (χ1) is 17.9. The van der Waals surface area contributed by atoms with Crippen LogP contribution in [0, 0.1) is 17.8 Å². The fourth-order valence-electron chi connectivity index (χ4n) is 6.38. The molecule has 2 heterocycles. The maximum Gasteiger partial charge on any atom is 0.338 e. The second kappa shape index (κ2) is 10.1. The summed E-state index contributed by atoms with van der Waals surface area (Å²) < 4.78 is 7.72. The summed E-state index contributed by atoms with van der Waals surface area (Å²) in [5.41, 5.74) is 2.26. The Kier molecular flexibility index (Phi) is 6.79. The van der Waals surface area contributed by atoms with Crippen LogP contribution in [0.15, 0.2) is 62.8 Å². The number of anilines is 1.